The SMILES string of the molecule is COc1ccc(-c2oc3cc(O)cc(O)c3c(=O)c2O[C@@H]2O[C@H](CO[C@@H]3O[C@@H](C)[C@H](O)[C@@H](O)[C@H]3O)[C@@H](O)[C@H](O)[C@H]2O[C@@H]2O[C@H](CO)[C@@H](O)[C@H](O)[C@H]2O)cc1. The summed E-state index contributed by atoms with van der Waals surface area (Å²) in [7, 11) is 1.42. The zero-order valence-corrected chi connectivity index (χ0v) is 28.6. The second-order valence-corrected chi connectivity index (χ2v) is 13.1. The summed E-state index contributed by atoms with van der Waals surface area (Å²) in [4.78, 5) is 14.1. The van der Waals surface area contributed by atoms with E-state index in [1.54, 1.807) is 0 Å². The summed E-state index contributed by atoms with van der Waals surface area (Å²) in [5.74, 6) is -1.65. The van der Waals surface area contributed by atoms with Crippen LogP contribution in [0.15, 0.2) is 45.6 Å². The van der Waals surface area contributed by atoms with Crippen molar-refractivity contribution in [3.05, 3.63) is 46.6 Å². The third-order valence-corrected chi connectivity index (χ3v) is 9.52. The Bertz CT molecular complexity index is 1800. The smallest absolute Gasteiger partial charge is 0.239 e. The van der Waals surface area contributed by atoms with E-state index in [4.69, 9.17) is 37.6 Å². The molecule has 20 nitrogen and oxygen atoms in total. The van der Waals surface area contributed by atoms with Gasteiger partial charge in [0.25, 0.3) is 0 Å². The highest BCUT2D eigenvalue weighted by atomic mass is 16.8. The van der Waals surface area contributed by atoms with Crippen molar-refractivity contribution in [2.45, 2.75) is 99.0 Å². The Hall–Kier alpha value is -3.71. The van der Waals surface area contributed by atoms with E-state index < -0.39 is 133 Å². The van der Waals surface area contributed by atoms with Gasteiger partial charge in [-0.3, -0.25) is 4.79 Å². The fourth-order valence-corrected chi connectivity index (χ4v) is 6.38. The molecule has 0 saturated carbocycles. The lowest BCUT2D eigenvalue weighted by Gasteiger charge is -2.46. The predicted octanol–water partition coefficient (Wildman–Crippen LogP) is -3.27. The van der Waals surface area contributed by atoms with Crippen LogP contribution in [0.5, 0.6) is 23.0 Å². The van der Waals surface area contributed by atoms with Gasteiger partial charge in [-0.2, -0.15) is 0 Å². The fourth-order valence-electron chi connectivity index (χ4n) is 6.38. The van der Waals surface area contributed by atoms with Gasteiger partial charge >= 0.3 is 0 Å². The van der Waals surface area contributed by atoms with Gasteiger partial charge in [0.2, 0.25) is 17.5 Å². The first kappa shape index (κ1) is 40.0. The molecule has 54 heavy (non-hydrogen) atoms. The van der Waals surface area contributed by atoms with Crippen LogP contribution in [0.1, 0.15) is 6.92 Å². The Morgan fingerprint density at radius 3 is 2.02 bits per heavy atom. The number of hydrogen-bond acceptors (Lipinski definition) is 20. The molecule has 298 valence electrons. The van der Waals surface area contributed by atoms with Gasteiger partial charge in [-0.15, -0.1) is 0 Å². The number of methoxy groups -OCH3 is 1. The van der Waals surface area contributed by atoms with E-state index in [2.05, 4.69) is 0 Å². The standard InChI is InChI=1S/C34H42O20/c1-11-20(38)24(42)27(45)32(49-11)48-10-18-22(40)26(44)31(54-33-28(46)25(43)21(39)17(9-35)51-33)34(52-18)53-30-23(41)19-15(37)7-13(36)8-16(19)50-29(30)12-3-5-14(47-2)6-4-12/h3-8,11,17-18,20-22,24-28,31-40,42-46H,9-10H2,1-2H3/t11-,17+,18+,20-,21+,22+,24+,25-,26-,27+,28+,31+,32+,33-,34-/m0/s1. The normalized spacial score (nSPS) is 37.3. The lowest BCUT2D eigenvalue weighted by molar-refractivity contribution is -0.362. The summed E-state index contributed by atoms with van der Waals surface area (Å²) in [6.45, 7) is -0.108. The van der Waals surface area contributed by atoms with Gasteiger partial charge in [0, 0.05) is 17.7 Å². The minimum absolute atomic E-state index is 0.202. The third-order valence-electron chi connectivity index (χ3n) is 9.52. The molecular formula is C34H42O20. The minimum atomic E-state index is -2.05. The van der Waals surface area contributed by atoms with Crippen LogP contribution in [-0.2, 0) is 23.7 Å². The molecule has 15 atom stereocenters. The molecule has 6 rings (SSSR count). The number of aromatic hydroxyl groups is 2. The number of hydrogen-bond donors (Lipinski definition) is 11. The van der Waals surface area contributed by atoms with E-state index in [-0.39, 0.29) is 16.9 Å². The molecule has 11 N–H and O–H groups in total. The highest BCUT2D eigenvalue weighted by molar-refractivity contribution is 5.88. The molecule has 3 aromatic rings. The average molecular weight is 771 g/mol. The molecule has 0 bridgehead atoms. The Morgan fingerprint density at radius 1 is 0.722 bits per heavy atom. The maximum Gasteiger partial charge on any atom is 0.239 e. The second-order valence-electron chi connectivity index (χ2n) is 13.1. The molecule has 3 aliphatic rings. The summed E-state index contributed by atoms with van der Waals surface area (Å²) in [6.07, 6.45) is -25.9. The Balaban J connectivity index is 1.39. The molecule has 3 aliphatic heterocycles. The zero-order chi connectivity index (χ0) is 39.2. The van der Waals surface area contributed by atoms with Crippen LogP contribution in [0.25, 0.3) is 22.3 Å². The van der Waals surface area contributed by atoms with Crippen molar-refractivity contribution in [1.29, 1.82) is 0 Å². The summed E-state index contributed by atoms with van der Waals surface area (Å²) in [5, 5.41) is 115. The number of fused-ring (bicyclic) bond motifs is 1. The van der Waals surface area contributed by atoms with Crippen LogP contribution in [0.3, 0.4) is 0 Å². The van der Waals surface area contributed by atoms with Crippen LogP contribution >= 0.6 is 0 Å². The van der Waals surface area contributed by atoms with Crippen LogP contribution in [0.4, 0.5) is 0 Å². The van der Waals surface area contributed by atoms with E-state index in [9.17, 15) is 61.0 Å². The van der Waals surface area contributed by atoms with Crippen LogP contribution in [0.2, 0.25) is 0 Å². The van der Waals surface area contributed by atoms with Crippen molar-refractivity contribution >= 4 is 11.0 Å². The molecular weight excluding hydrogens is 728 g/mol. The first-order valence-corrected chi connectivity index (χ1v) is 16.8. The monoisotopic (exact) mass is 770 g/mol. The molecule has 0 spiro atoms. The van der Waals surface area contributed by atoms with Crippen LogP contribution in [0, 0.1) is 0 Å². The largest absolute Gasteiger partial charge is 0.508 e. The Morgan fingerprint density at radius 2 is 1.35 bits per heavy atom. The maximum absolute atomic E-state index is 14.1. The number of rotatable bonds is 10. The summed E-state index contributed by atoms with van der Waals surface area (Å²) < 4.78 is 45.5. The van der Waals surface area contributed by atoms with Gasteiger partial charge in [-0.05, 0) is 31.2 Å². The van der Waals surface area contributed by atoms with Gasteiger partial charge in [-0.25, -0.2) is 0 Å². The number of benzene rings is 2. The van der Waals surface area contributed by atoms with Gasteiger partial charge in [-0.1, -0.05) is 0 Å². The first-order chi connectivity index (χ1) is 25.6. The molecule has 3 fully saturated rings. The maximum atomic E-state index is 14.1. The van der Waals surface area contributed by atoms with Crippen molar-refractivity contribution < 1.29 is 93.7 Å². The molecule has 3 saturated heterocycles. The van der Waals surface area contributed by atoms with Gasteiger partial charge < -0.3 is 93.7 Å². The van der Waals surface area contributed by atoms with E-state index in [1.165, 1.54) is 38.3 Å². The van der Waals surface area contributed by atoms with Crippen molar-refractivity contribution in [2.24, 2.45) is 0 Å². The third kappa shape index (κ3) is 7.59. The molecule has 0 amide bonds. The number of phenols is 2. The second kappa shape index (κ2) is 16.2. The highest BCUT2D eigenvalue weighted by Crippen LogP contribution is 2.39. The van der Waals surface area contributed by atoms with Crippen molar-refractivity contribution in [1.82, 2.24) is 0 Å². The van der Waals surface area contributed by atoms with Crippen LogP contribution in [-0.4, -0.2) is 169 Å². The van der Waals surface area contributed by atoms with Gasteiger partial charge in [0.05, 0.1) is 26.4 Å². The number of ether oxygens (including phenoxy) is 7. The number of phenolic OH excluding ortho intramolecular Hbond substituents is 2. The van der Waals surface area contributed by atoms with E-state index >= 15 is 0 Å². The molecule has 20 heteroatoms. The fraction of sp³-hybridized carbons (Fsp3) is 0.559. The molecule has 1 aromatic heterocycles. The highest BCUT2D eigenvalue weighted by Gasteiger charge is 2.52. The molecule has 0 unspecified atom stereocenters. The predicted molar refractivity (Wildman–Crippen MR) is 176 cm³/mol. The number of aliphatic hydroxyl groups is 9. The van der Waals surface area contributed by atoms with Crippen molar-refractivity contribution in [3.8, 4) is 34.3 Å². The quantitative estimate of drug-likeness (QED) is 0.0964. The summed E-state index contributed by atoms with van der Waals surface area (Å²) >= 11 is 0. The lowest BCUT2D eigenvalue weighted by Crippen LogP contribution is -2.65. The van der Waals surface area contributed by atoms with Crippen molar-refractivity contribution in [2.75, 3.05) is 20.3 Å². The van der Waals surface area contributed by atoms with E-state index in [0.29, 0.717) is 5.75 Å². The number of aliphatic hydroxyl groups excluding tert-OH is 9. The lowest BCUT2D eigenvalue weighted by atomic mass is 9.97. The minimum Gasteiger partial charge on any atom is -0.508 e. The topological polar surface area (TPSA) is 317 Å². The molecule has 0 aliphatic carbocycles. The summed E-state index contributed by atoms with van der Waals surface area (Å²) in [6, 6.07) is 7.97. The first-order valence-electron chi connectivity index (χ1n) is 16.8. The molecule has 0 radical (unpaired) electrons. The molecule has 4 heterocycles. The van der Waals surface area contributed by atoms with Gasteiger partial charge in [0.15, 0.2) is 24.4 Å². The summed E-state index contributed by atoms with van der Waals surface area (Å²) in [5.41, 5.74) is -1.07. The average Bonchev–Trinajstić information content (AvgIpc) is 3.15. The van der Waals surface area contributed by atoms with Crippen LogP contribution < -0.4 is 14.9 Å². The zero-order valence-electron chi connectivity index (χ0n) is 28.6. The van der Waals surface area contributed by atoms with E-state index in [1.807, 2.05) is 0 Å². The molecule has 2 aromatic carbocycles. The Labute approximate surface area is 305 Å². The Kier molecular flexibility index (Phi) is 12.0. The van der Waals surface area contributed by atoms with E-state index in [0.717, 1.165) is 12.1 Å². The van der Waals surface area contributed by atoms with Gasteiger partial charge in [0.1, 0.15) is 89.3 Å². The van der Waals surface area contributed by atoms with Crippen molar-refractivity contribution in [3.63, 3.8) is 0 Å².